The fourth-order valence-corrected chi connectivity index (χ4v) is 2.62. The minimum Gasteiger partial charge on any atom is -0.367 e. The van der Waals surface area contributed by atoms with E-state index in [1.807, 2.05) is 0 Å². The molecule has 1 aliphatic carbocycles. The van der Waals surface area contributed by atoms with Crippen molar-refractivity contribution >= 4 is 5.78 Å². The monoisotopic (exact) mass is 182 g/mol. The Bertz CT molecular complexity index is 204. The van der Waals surface area contributed by atoms with Crippen LogP contribution in [0.1, 0.15) is 45.4 Å². The second kappa shape index (κ2) is 3.41. The Morgan fingerprint density at radius 2 is 2.31 bits per heavy atom. The molecular formula is C11H18O2. The number of hydrogen-bond donors (Lipinski definition) is 0. The van der Waals surface area contributed by atoms with Crippen LogP contribution in [0.3, 0.4) is 0 Å². The Morgan fingerprint density at radius 1 is 1.46 bits per heavy atom. The number of ether oxygens (including phenoxy) is 1. The molecule has 1 aliphatic heterocycles. The summed E-state index contributed by atoms with van der Waals surface area (Å²) in [6, 6.07) is 0. The topological polar surface area (TPSA) is 26.3 Å². The number of rotatable bonds is 0. The van der Waals surface area contributed by atoms with Crippen molar-refractivity contribution in [2.24, 2.45) is 5.92 Å². The fraction of sp³-hybridized carbons (Fsp3) is 0.909. The van der Waals surface area contributed by atoms with Gasteiger partial charge in [-0.15, -0.1) is 0 Å². The second-order valence-corrected chi connectivity index (χ2v) is 4.57. The number of ketones is 1. The lowest BCUT2D eigenvalue weighted by Gasteiger charge is -2.41. The van der Waals surface area contributed by atoms with Crippen molar-refractivity contribution in [2.75, 3.05) is 6.61 Å². The summed E-state index contributed by atoms with van der Waals surface area (Å²) in [5.41, 5.74) is -0.351. The predicted molar refractivity (Wildman–Crippen MR) is 50.6 cm³/mol. The first-order valence-corrected chi connectivity index (χ1v) is 5.40. The van der Waals surface area contributed by atoms with E-state index < -0.39 is 0 Å². The molecule has 1 saturated carbocycles. The van der Waals surface area contributed by atoms with E-state index in [4.69, 9.17) is 4.74 Å². The van der Waals surface area contributed by atoms with Crippen LogP contribution >= 0.6 is 0 Å². The molecule has 2 nitrogen and oxygen atoms in total. The summed E-state index contributed by atoms with van der Waals surface area (Å²) in [6.45, 7) is 3.02. The van der Waals surface area contributed by atoms with E-state index in [1.54, 1.807) is 0 Å². The third-order valence-corrected chi connectivity index (χ3v) is 3.40. The standard InChI is InChI=1S/C11H18O2/c1-9-4-5-10(12)11(8-9)6-2-3-7-13-11/h9H,2-8H2,1H3/t9-,11+/m1/s1. The third-order valence-electron chi connectivity index (χ3n) is 3.40. The lowest BCUT2D eigenvalue weighted by molar-refractivity contribution is -0.159. The van der Waals surface area contributed by atoms with Crippen molar-refractivity contribution in [1.82, 2.24) is 0 Å². The number of Topliss-reactive ketones (excluding diaryl/α,β-unsaturated/α-hetero) is 1. The quantitative estimate of drug-likeness (QED) is 0.574. The van der Waals surface area contributed by atoms with Crippen molar-refractivity contribution in [3.8, 4) is 0 Å². The molecule has 0 bridgehead atoms. The maximum Gasteiger partial charge on any atom is 0.164 e. The summed E-state index contributed by atoms with van der Waals surface area (Å²) in [4.78, 5) is 11.8. The number of carbonyl (C=O) groups excluding carboxylic acids is 1. The molecule has 2 aliphatic rings. The zero-order valence-corrected chi connectivity index (χ0v) is 8.34. The van der Waals surface area contributed by atoms with Crippen LogP contribution in [0.15, 0.2) is 0 Å². The van der Waals surface area contributed by atoms with Crippen molar-refractivity contribution in [3.05, 3.63) is 0 Å². The van der Waals surface area contributed by atoms with Crippen LogP contribution in [-0.4, -0.2) is 18.0 Å². The molecule has 2 rings (SSSR count). The molecule has 13 heavy (non-hydrogen) atoms. The molecule has 0 aromatic carbocycles. The van der Waals surface area contributed by atoms with Crippen LogP contribution in [-0.2, 0) is 9.53 Å². The first-order chi connectivity index (χ1) is 6.23. The summed E-state index contributed by atoms with van der Waals surface area (Å²) < 4.78 is 5.74. The Hall–Kier alpha value is -0.370. The van der Waals surface area contributed by atoms with Gasteiger partial charge in [-0.05, 0) is 38.0 Å². The average Bonchev–Trinajstić information content (AvgIpc) is 2.14. The van der Waals surface area contributed by atoms with Gasteiger partial charge >= 0.3 is 0 Å². The zero-order chi connectivity index (χ0) is 9.31. The smallest absolute Gasteiger partial charge is 0.164 e. The fourth-order valence-electron chi connectivity index (χ4n) is 2.62. The van der Waals surface area contributed by atoms with Crippen LogP contribution in [0.5, 0.6) is 0 Å². The highest BCUT2D eigenvalue weighted by molar-refractivity contribution is 5.88. The first-order valence-electron chi connectivity index (χ1n) is 5.40. The predicted octanol–water partition coefficient (Wildman–Crippen LogP) is 2.31. The third kappa shape index (κ3) is 1.64. The van der Waals surface area contributed by atoms with Gasteiger partial charge in [0.05, 0.1) is 0 Å². The first kappa shape index (κ1) is 9.20. The molecule has 0 aromatic rings. The summed E-state index contributed by atoms with van der Waals surface area (Å²) in [6.07, 6.45) is 6.02. The van der Waals surface area contributed by atoms with E-state index in [9.17, 15) is 4.79 Å². The maximum atomic E-state index is 11.8. The molecule has 0 aromatic heterocycles. The highest BCUT2D eigenvalue weighted by Gasteiger charge is 2.43. The van der Waals surface area contributed by atoms with Crippen LogP contribution in [0.4, 0.5) is 0 Å². The van der Waals surface area contributed by atoms with Crippen LogP contribution < -0.4 is 0 Å². The van der Waals surface area contributed by atoms with Crippen molar-refractivity contribution in [3.63, 3.8) is 0 Å². The van der Waals surface area contributed by atoms with Gasteiger partial charge in [-0.3, -0.25) is 4.79 Å². The van der Waals surface area contributed by atoms with Gasteiger partial charge < -0.3 is 4.74 Å². The van der Waals surface area contributed by atoms with Gasteiger partial charge in [-0.25, -0.2) is 0 Å². The summed E-state index contributed by atoms with van der Waals surface area (Å²) in [7, 11) is 0. The minimum absolute atomic E-state index is 0.351. The molecular weight excluding hydrogens is 164 g/mol. The van der Waals surface area contributed by atoms with Gasteiger partial charge in [0.15, 0.2) is 5.78 Å². The molecule has 1 spiro atoms. The SMILES string of the molecule is C[C@@H]1CCC(=O)[C@]2(CCCCO2)C1. The lowest BCUT2D eigenvalue weighted by atomic mass is 9.74. The molecule has 2 fully saturated rings. The Labute approximate surface area is 79.7 Å². The van der Waals surface area contributed by atoms with E-state index in [-0.39, 0.29) is 5.60 Å². The van der Waals surface area contributed by atoms with Crippen LogP contribution in [0.25, 0.3) is 0 Å². The van der Waals surface area contributed by atoms with Gasteiger partial charge in [-0.2, -0.15) is 0 Å². The molecule has 1 heterocycles. The minimum atomic E-state index is -0.351. The molecule has 0 unspecified atom stereocenters. The largest absolute Gasteiger partial charge is 0.367 e. The number of carbonyl (C=O) groups is 1. The summed E-state index contributed by atoms with van der Waals surface area (Å²) >= 11 is 0. The maximum absolute atomic E-state index is 11.8. The zero-order valence-electron chi connectivity index (χ0n) is 8.34. The van der Waals surface area contributed by atoms with Gasteiger partial charge in [0.25, 0.3) is 0 Å². The van der Waals surface area contributed by atoms with Gasteiger partial charge in [0.2, 0.25) is 0 Å². The molecule has 1 saturated heterocycles. The molecule has 0 N–H and O–H groups in total. The normalized spacial score (nSPS) is 41.0. The summed E-state index contributed by atoms with van der Waals surface area (Å²) in [5.74, 6) is 1.03. The molecule has 0 amide bonds. The molecule has 2 heteroatoms. The van der Waals surface area contributed by atoms with Crippen molar-refractivity contribution in [1.29, 1.82) is 0 Å². The Balaban J connectivity index is 2.11. The van der Waals surface area contributed by atoms with Gasteiger partial charge in [0, 0.05) is 13.0 Å². The lowest BCUT2D eigenvalue weighted by Crippen LogP contribution is -2.48. The van der Waals surface area contributed by atoms with Crippen molar-refractivity contribution < 1.29 is 9.53 Å². The van der Waals surface area contributed by atoms with Crippen LogP contribution in [0, 0.1) is 5.92 Å². The summed E-state index contributed by atoms with van der Waals surface area (Å²) in [5, 5.41) is 0. The molecule has 0 radical (unpaired) electrons. The van der Waals surface area contributed by atoms with Crippen LogP contribution in [0.2, 0.25) is 0 Å². The average molecular weight is 182 g/mol. The van der Waals surface area contributed by atoms with Crippen molar-refractivity contribution in [2.45, 2.75) is 51.0 Å². The van der Waals surface area contributed by atoms with E-state index in [1.165, 1.54) is 6.42 Å². The highest BCUT2D eigenvalue weighted by Crippen LogP contribution is 2.38. The number of hydrogen-bond acceptors (Lipinski definition) is 2. The Kier molecular flexibility index (Phi) is 2.41. The highest BCUT2D eigenvalue weighted by atomic mass is 16.5. The van der Waals surface area contributed by atoms with Gasteiger partial charge in [-0.1, -0.05) is 6.92 Å². The Morgan fingerprint density at radius 3 is 3.00 bits per heavy atom. The van der Waals surface area contributed by atoms with E-state index in [0.29, 0.717) is 11.7 Å². The van der Waals surface area contributed by atoms with E-state index >= 15 is 0 Å². The van der Waals surface area contributed by atoms with Gasteiger partial charge in [0.1, 0.15) is 5.60 Å². The van der Waals surface area contributed by atoms with E-state index in [2.05, 4.69) is 6.92 Å². The molecule has 74 valence electrons. The van der Waals surface area contributed by atoms with E-state index in [0.717, 1.165) is 38.7 Å². The second-order valence-electron chi connectivity index (χ2n) is 4.57. The molecule has 2 atom stereocenters.